The number of ether oxygens (including phenoxy) is 2. The molecule has 0 unspecified atom stereocenters. The topological polar surface area (TPSA) is 80.7 Å². The minimum atomic E-state index is -0.704. The van der Waals surface area contributed by atoms with Crippen LogP contribution in [0.3, 0.4) is 0 Å². The summed E-state index contributed by atoms with van der Waals surface area (Å²) in [6.07, 6.45) is 1.27. The highest BCUT2D eigenvalue weighted by Crippen LogP contribution is 2.47. The number of aromatic nitrogens is 1. The van der Waals surface area contributed by atoms with E-state index in [-0.39, 0.29) is 24.0 Å². The van der Waals surface area contributed by atoms with Gasteiger partial charge in [0.05, 0.1) is 12.2 Å². The molecule has 1 saturated carbocycles. The first-order valence-corrected chi connectivity index (χ1v) is 9.52. The predicted molar refractivity (Wildman–Crippen MR) is 99.0 cm³/mol. The van der Waals surface area contributed by atoms with Gasteiger partial charge in [0.2, 0.25) is 5.91 Å². The fourth-order valence-corrected chi connectivity index (χ4v) is 4.48. The molecule has 1 aliphatic heterocycles. The molecular formula is C19H22N2O4S. The van der Waals surface area contributed by atoms with Crippen LogP contribution in [0.25, 0.3) is 11.1 Å². The van der Waals surface area contributed by atoms with E-state index in [1.807, 2.05) is 37.6 Å². The summed E-state index contributed by atoms with van der Waals surface area (Å²) >= 11 is 1.39. The first-order chi connectivity index (χ1) is 12.3. The number of hydrogen-bond acceptors (Lipinski definition) is 6. The molecule has 26 heavy (non-hydrogen) atoms. The van der Waals surface area contributed by atoms with Crippen LogP contribution in [0.15, 0.2) is 29.8 Å². The molecule has 2 N–H and O–H groups in total. The summed E-state index contributed by atoms with van der Waals surface area (Å²) in [6.45, 7) is 5.22. The van der Waals surface area contributed by atoms with Gasteiger partial charge in [-0.3, -0.25) is 4.79 Å². The van der Waals surface area contributed by atoms with Gasteiger partial charge in [-0.25, -0.2) is 4.37 Å². The van der Waals surface area contributed by atoms with Crippen LogP contribution in [0.5, 0.6) is 0 Å². The van der Waals surface area contributed by atoms with E-state index in [2.05, 4.69) is 15.8 Å². The Kier molecular flexibility index (Phi) is 4.35. The highest BCUT2D eigenvalue weighted by molar-refractivity contribution is 7.03. The van der Waals surface area contributed by atoms with Crippen molar-refractivity contribution in [1.29, 1.82) is 0 Å². The summed E-state index contributed by atoms with van der Waals surface area (Å²) in [5.74, 6) is -0.831. The smallest absolute Gasteiger partial charge is 0.221 e. The summed E-state index contributed by atoms with van der Waals surface area (Å²) in [7, 11) is 0. The Morgan fingerprint density at radius 3 is 2.73 bits per heavy atom. The number of carbonyl (C=O) groups is 1. The van der Waals surface area contributed by atoms with Gasteiger partial charge >= 0.3 is 0 Å². The number of hydrogen-bond donors (Lipinski definition) is 2. The second-order valence-electron chi connectivity index (χ2n) is 7.41. The lowest BCUT2D eigenvalue weighted by atomic mass is 9.92. The van der Waals surface area contributed by atoms with Crippen LogP contribution in [0, 0.1) is 0 Å². The van der Waals surface area contributed by atoms with Crippen LogP contribution < -0.4 is 5.32 Å². The van der Waals surface area contributed by atoms with Gasteiger partial charge in [-0.15, -0.1) is 0 Å². The van der Waals surface area contributed by atoms with Crippen molar-refractivity contribution >= 4 is 23.1 Å². The first kappa shape index (κ1) is 17.6. The number of nitrogens with zero attached hydrogens (tertiary/aromatic N) is 1. The molecule has 1 saturated heterocycles. The van der Waals surface area contributed by atoms with Gasteiger partial charge in [0.1, 0.15) is 6.10 Å². The number of anilines is 1. The van der Waals surface area contributed by atoms with Crippen LogP contribution in [0.2, 0.25) is 0 Å². The maximum Gasteiger partial charge on any atom is 0.221 e. The second kappa shape index (κ2) is 6.42. The van der Waals surface area contributed by atoms with E-state index >= 15 is 0 Å². The standard InChI is InChI=1S/C19H22N2O4S/c1-10(22)21-14-5-11(13-8-20-26-9-13)4-12(6-14)15-7-16(23)18-17(15)24-19(2,3)25-18/h4-6,8-9,15-18,23H,7H2,1-3H3,(H,21,22)/t15-,16+,17-,18+/m1/s1. The quantitative estimate of drug-likeness (QED) is 0.863. The maximum absolute atomic E-state index is 11.6. The number of fused-ring (bicyclic) bond motifs is 1. The average Bonchev–Trinajstić information content (AvgIpc) is 3.24. The minimum Gasteiger partial charge on any atom is -0.390 e. The number of nitrogens with one attached hydrogen (secondary N) is 1. The monoisotopic (exact) mass is 374 g/mol. The third-order valence-corrected chi connectivity index (χ3v) is 5.49. The highest BCUT2D eigenvalue weighted by atomic mass is 32.1. The molecule has 2 aliphatic rings. The molecule has 4 rings (SSSR count). The molecule has 2 heterocycles. The normalized spacial score (nSPS) is 29.5. The number of aliphatic hydroxyl groups is 1. The van der Waals surface area contributed by atoms with Crippen LogP contribution in [-0.2, 0) is 14.3 Å². The van der Waals surface area contributed by atoms with E-state index in [4.69, 9.17) is 9.47 Å². The Labute approximate surface area is 156 Å². The molecule has 1 amide bonds. The van der Waals surface area contributed by atoms with Gasteiger partial charge in [-0.05, 0) is 55.1 Å². The average molecular weight is 374 g/mol. The summed E-state index contributed by atoms with van der Waals surface area (Å²) in [5, 5.41) is 15.3. The van der Waals surface area contributed by atoms with E-state index in [0.717, 1.165) is 22.4 Å². The van der Waals surface area contributed by atoms with Crippen molar-refractivity contribution in [1.82, 2.24) is 4.37 Å². The van der Waals surface area contributed by atoms with Gasteiger partial charge in [0.25, 0.3) is 0 Å². The van der Waals surface area contributed by atoms with E-state index in [0.29, 0.717) is 6.42 Å². The summed E-state index contributed by atoms with van der Waals surface area (Å²) in [4.78, 5) is 11.6. The van der Waals surface area contributed by atoms with Gasteiger partial charge in [0.15, 0.2) is 5.79 Å². The van der Waals surface area contributed by atoms with Crippen molar-refractivity contribution < 1.29 is 19.4 Å². The van der Waals surface area contributed by atoms with Crippen LogP contribution >= 0.6 is 11.5 Å². The second-order valence-corrected chi connectivity index (χ2v) is 8.07. The number of carbonyl (C=O) groups excluding carboxylic acids is 1. The van der Waals surface area contributed by atoms with Gasteiger partial charge in [0, 0.05) is 35.7 Å². The Bertz CT molecular complexity index is 821. The van der Waals surface area contributed by atoms with Crippen molar-refractivity contribution in [3.63, 3.8) is 0 Å². The van der Waals surface area contributed by atoms with Crippen molar-refractivity contribution in [2.24, 2.45) is 0 Å². The molecule has 1 aromatic heterocycles. The van der Waals surface area contributed by atoms with Crippen LogP contribution in [0.1, 0.15) is 38.7 Å². The van der Waals surface area contributed by atoms with Crippen LogP contribution in [0.4, 0.5) is 5.69 Å². The molecule has 138 valence electrons. The van der Waals surface area contributed by atoms with E-state index < -0.39 is 11.9 Å². The fourth-order valence-electron chi connectivity index (χ4n) is 3.94. The lowest BCUT2D eigenvalue weighted by Crippen LogP contribution is -2.28. The third kappa shape index (κ3) is 3.27. The minimum absolute atomic E-state index is 0.00386. The molecule has 2 fully saturated rings. The SMILES string of the molecule is CC(=O)Nc1cc(-c2cnsc2)cc([C@H]2C[C@H](O)[C@@H]3OC(C)(C)O[C@@H]32)c1. The Balaban J connectivity index is 1.73. The van der Waals surface area contributed by atoms with Crippen molar-refractivity contribution in [2.45, 2.75) is 57.2 Å². The first-order valence-electron chi connectivity index (χ1n) is 8.68. The van der Waals surface area contributed by atoms with Gasteiger partial charge in [-0.1, -0.05) is 6.07 Å². The number of rotatable bonds is 3. The molecule has 6 nitrogen and oxygen atoms in total. The number of benzene rings is 1. The zero-order chi connectivity index (χ0) is 18.5. The largest absolute Gasteiger partial charge is 0.390 e. The zero-order valence-corrected chi connectivity index (χ0v) is 15.7. The van der Waals surface area contributed by atoms with Gasteiger partial charge in [-0.2, -0.15) is 0 Å². The number of amides is 1. The number of aliphatic hydroxyl groups excluding tert-OH is 1. The Morgan fingerprint density at radius 1 is 1.27 bits per heavy atom. The van der Waals surface area contributed by atoms with Crippen molar-refractivity contribution in [2.75, 3.05) is 5.32 Å². The molecule has 2 aromatic rings. The Morgan fingerprint density at radius 2 is 2.04 bits per heavy atom. The predicted octanol–water partition coefficient (Wildman–Crippen LogP) is 3.14. The molecule has 4 atom stereocenters. The Hall–Kier alpha value is -1.80. The molecule has 1 aromatic carbocycles. The maximum atomic E-state index is 11.6. The molecule has 1 aliphatic carbocycles. The molecule has 0 spiro atoms. The molecule has 0 bridgehead atoms. The highest BCUT2D eigenvalue weighted by Gasteiger charge is 2.53. The molecular weight excluding hydrogens is 352 g/mol. The third-order valence-electron chi connectivity index (χ3n) is 4.90. The summed E-state index contributed by atoms with van der Waals surface area (Å²) in [5.41, 5.74) is 3.73. The lowest BCUT2D eigenvalue weighted by Gasteiger charge is -2.23. The zero-order valence-electron chi connectivity index (χ0n) is 14.9. The van der Waals surface area contributed by atoms with E-state index in [1.54, 1.807) is 0 Å². The molecule has 7 heteroatoms. The van der Waals surface area contributed by atoms with Crippen LogP contribution in [-0.4, -0.2) is 39.5 Å². The van der Waals surface area contributed by atoms with Gasteiger partial charge < -0.3 is 19.9 Å². The van der Waals surface area contributed by atoms with E-state index in [9.17, 15) is 9.90 Å². The lowest BCUT2D eigenvalue weighted by molar-refractivity contribution is -0.163. The summed E-state index contributed by atoms with van der Waals surface area (Å²) in [6, 6.07) is 5.98. The van der Waals surface area contributed by atoms with Crippen molar-refractivity contribution in [3.05, 3.63) is 35.3 Å². The van der Waals surface area contributed by atoms with E-state index in [1.165, 1.54) is 18.5 Å². The summed E-state index contributed by atoms with van der Waals surface area (Å²) < 4.78 is 16.1. The van der Waals surface area contributed by atoms with Crippen molar-refractivity contribution in [3.8, 4) is 11.1 Å². The fraction of sp³-hybridized carbons (Fsp3) is 0.474. The molecule has 0 radical (unpaired) electrons.